The molecule has 5 rings (SSSR count). The molecule has 0 aliphatic heterocycles. The van der Waals surface area contributed by atoms with Gasteiger partial charge in [-0.1, -0.05) is 13.2 Å². The Morgan fingerprint density at radius 3 is 1.00 bits per heavy atom. The third-order valence-electron chi connectivity index (χ3n) is 14.4. The minimum Gasteiger partial charge on any atom is -0.462 e. The Kier molecular flexibility index (Phi) is 23.6. The molecule has 3 aliphatic carbocycles. The van der Waals surface area contributed by atoms with Gasteiger partial charge in [-0.25, -0.2) is 9.59 Å². The summed E-state index contributed by atoms with van der Waals surface area (Å²) in [5.41, 5.74) is 3.76. The van der Waals surface area contributed by atoms with Crippen molar-refractivity contribution in [1.82, 2.24) is 0 Å². The van der Waals surface area contributed by atoms with Gasteiger partial charge in [-0.05, 0) is 164 Å². The zero-order chi connectivity index (χ0) is 57.1. The molecule has 0 atom stereocenters. The van der Waals surface area contributed by atoms with Crippen LogP contribution < -0.4 is 18.9 Å². The van der Waals surface area contributed by atoms with Gasteiger partial charge in [-0.15, -0.1) is 0 Å². The molecule has 0 N–H and O–H groups in total. The van der Waals surface area contributed by atoms with Crippen molar-refractivity contribution < 1.29 is 95.3 Å². The molecule has 0 spiro atoms. The van der Waals surface area contributed by atoms with Crippen LogP contribution in [0.4, 0.5) is 0 Å². The number of aryl methyl sites for hydroxylation is 2. The Labute approximate surface area is 454 Å². The fraction of sp³-hybridized carbons (Fsp3) is 0.552. The van der Waals surface area contributed by atoms with E-state index in [0.29, 0.717) is 133 Å². The lowest BCUT2D eigenvalue weighted by molar-refractivity contribution is -0.157. The predicted molar refractivity (Wildman–Crippen MR) is 276 cm³/mol. The monoisotopic (exact) mass is 1090 g/mol. The average Bonchev–Trinajstić information content (AvgIpc) is 3.43. The quantitative estimate of drug-likeness (QED) is 0.0317. The molecular weight excluding hydrogens is 1020 g/mol. The number of benzene rings is 2. The van der Waals surface area contributed by atoms with Gasteiger partial charge in [0, 0.05) is 12.2 Å². The second kappa shape index (κ2) is 30.0. The maximum Gasteiger partial charge on any atom is 0.330 e. The van der Waals surface area contributed by atoms with Gasteiger partial charge in [-0.3, -0.25) is 38.4 Å². The highest BCUT2D eigenvalue weighted by atomic mass is 16.6. The van der Waals surface area contributed by atoms with E-state index in [1.54, 1.807) is 53.7 Å². The van der Waals surface area contributed by atoms with Crippen LogP contribution in [0.5, 0.6) is 23.0 Å². The van der Waals surface area contributed by atoms with E-state index in [2.05, 4.69) is 13.2 Å². The minimum absolute atomic E-state index is 0.126. The SMILES string of the molecule is C=CC(=O)OCCOC(=O)CCC(=O)OC1CCC(C(=O)Oc2c(C)cc(OC(=O)C3CCC(C(=O)Oc4cc(C)c(OC(=O)C5CCC(OC(=O)CCC(=O)OCCOC(=O)C=C)CC5)c(C)c4C)CC3)c(C)c2C)CC1. The van der Waals surface area contributed by atoms with Crippen molar-refractivity contribution >= 4 is 59.7 Å². The van der Waals surface area contributed by atoms with Gasteiger partial charge < -0.3 is 47.4 Å². The maximum absolute atomic E-state index is 13.5. The summed E-state index contributed by atoms with van der Waals surface area (Å²) in [6.07, 6.45) is 5.57. The molecule has 3 fully saturated rings. The Hall–Kier alpha value is -7.38. The van der Waals surface area contributed by atoms with E-state index in [1.165, 1.54) is 0 Å². The number of hydrogen-bond donors (Lipinski definition) is 0. The van der Waals surface area contributed by atoms with Crippen LogP contribution in [-0.4, -0.2) is 98.3 Å². The Bertz CT molecular complexity index is 2390. The smallest absolute Gasteiger partial charge is 0.330 e. The van der Waals surface area contributed by atoms with E-state index >= 15 is 0 Å². The van der Waals surface area contributed by atoms with Crippen LogP contribution in [0.3, 0.4) is 0 Å². The maximum atomic E-state index is 13.5. The van der Waals surface area contributed by atoms with Crippen LogP contribution in [0.25, 0.3) is 0 Å². The highest BCUT2D eigenvalue weighted by Crippen LogP contribution is 2.39. The minimum atomic E-state index is -0.637. The van der Waals surface area contributed by atoms with Gasteiger partial charge in [0.25, 0.3) is 0 Å². The van der Waals surface area contributed by atoms with Gasteiger partial charge in [0.2, 0.25) is 0 Å². The van der Waals surface area contributed by atoms with Gasteiger partial charge in [0.05, 0.1) is 49.4 Å². The largest absolute Gasteiger partial charge is 0.462 e. The Balaban J connectivity index is 1.01. The van der Waals surface area contributed by atoms with Crippen molar-refractivity contribution in [3.8, 4) is 23.0 Å². The second-order valence-electron chi connectivity index (χ2n) is 19.9. The molecule has 0 radical (unpaired) electrons. The number of ether oxygens (including phenoxy) is 10. The molecule has 0 heterocycles. The molecule has 0 saturated heterocycles. The Morgan fingerprint density at radius 1 is 0.397 bits per heavy atom. The molecule has 0 unspecified atom stereocenters. The molecule has 2 aromatic rings. The summed E-state index contributed by atoms with van der Waals surface area (Å²) in [5.74, 6) is -5.61. The van der Waals surface area contributed by atoms with Crippen molar-refractivity contribution in [1.29, 1.82) is 0 Å². The van der Waals surface area contributed by atoms with E-state index in [9.17, 15) is 47.9 Å². The Morgan fingerprint density at radius 2 is 0.679 bits per heavy atom. The molecule has 3 aliphatic rings. The summed E-state index contributed by atoms with van der Waals surface area (Å²) in [6.45, 7) is 16.7. The fourth-order valence-corrected chi connectivity index (χ4v) is 9.47. The zero-order valence-electron chi connectivity index (χ0n) is 45.5. The second-order valence-corrected chi connectivity index (χ2v) is 19.9. The number of carbonyl (C=O) groups excluding carboxylic acids is 10. The first-order valence-electron chi connectivity index (χ1n) is 26.5. The first-order chi connectivity index (χ1) is 37.2. The molecular formula is C58H72O20. The van der Waals surface area contributed by atoms with Crippen LogP contribution >= 0.6 is 0 Å². The number of hydrogen-bond acceptors (Lipinski definition) is 20. The molecule has 2 aromatic carbocycles. The first-order valence-corrected chi connectivity index (χ1v) is 26.5. The summed E-state index contributed by atoms with van der Waals surface area (Å²) >= 11 is 0. The van der Waals surface area contributed by atoms with Crippen molar-refractivity contribution in [3.63, 3.8) is 0 Å². The summed E-state index contributed by atoms with van der Waals surface area (Å²) in [6, 6.07) is 3.35. The van der Waals surface area contributed by atoms with E-state index in [1.807, 2.05) is 0 Å². The molecule has 78 heavy (non-hydrogen) atoms. The zero-order valence-corrected chi connectivity index (χ0v) is 45.5. The van der Waals surface area contributed by atoms with E-state index in [4.69, 9.17) is 47.4 Å². The van der Waals surface area contributed by atoms with E-state index in [0.717, 1.165) is 12.2 Å². The van der Waals surface area contributed by atoms with Crippen LogP contribution in [-0.2, 0) is 76.4 Å². The van der Waals surface area contributed by atoms with Gasteiger partial charge in [-0.2, -0.15) is 0 Å². The van der Waals surface area contributed by atoms with E-state index in [-0.39, 0.29) is 52.1 Å². The molecule has 0 bridgehead atoms. The van der Waals surface area contributed by atoms with Gasteiger partial charge >= 0.3 is 59.7 Å². The average molecular weight is 1090 g/mol. The predicted octanol–water partition coefficient (Wildman–Crippen LogP) is 7.97. The third kappa shape index (κ3) is 18.4. The standard InChI is InChI=1S/C58H72O20/c1-9-47(59)69-27-29-71-49(61)23-25-51(63)73-43-19-15-41(16-20-43)57(67)77-53-33(3)31-45(35(5)37(53)7)75-55(65)39-11-13-40(14-12-39)56(66)76-46-32-34(4)54(38(8)36(46)6)78-58(68)42-17-21-44(22-18-42)74-52(64)26-24-50(62)72-30-28-70-48(60)10-2/h9-10,31-32,39-44H,1-2,11-30H2,3-8H3. The topological polar surface area (TPSA) is 263 Å². The fourth-order valence-electron chi connectivity index (χ4n) is 9.47. The lowest BCUT2D eigenvalue weighted by Crippen LogP contribution is -2.31. The van der Waals surface area contributed by atoms with Crippen molar-refractivity contribution in [3.05, 3.63) is 70.8 Å². The summed E-state index contributed by atoms with van der Waals surface area (Å²) in [4.78, 5) is 124. The molecule has 0 amide bonds. The van der Waals surface area contributed by atoms with Crippen molar-refractivity contribution in [2.24, 2.45) is 23.7 Å². The summed E-state index contributed by atoms with van der Waals surface area (Å²) < 4.78 is 54.1. The van der Waals surface area contributed by atoms with Crippen LogP contribution in [0.2, 0.25) is 0 Å². The highest BCUT2D eigenvalue weighted by Gasteiger charge is 2.35. The first kappa shape index (κ1) is 61.5. The summed E-state index contributed by atoms with van der Waals surface area (Å²) in [5, 5.41) is 0. The molecule has 20 heteroatoms. The van der Waals surface area contributed by atoms with Gasteiger partial charge in [0.1, 0.15) is 61.6 Å². The normalized spacial score (nSPS) is 19.8. The van der Waals surface area contributed by atoms with Crippen LogP contribution in [0, 0.1) is 65.2 Å². The third-order valence-corrected chi connectivity index (χ3v) is 14.4. The van der Waals surface area contributed by atoms with Crippen LogP contribution in [0.15, 0.2) is 37.4 Å². The van der Waals surface area contributed by atoms with Gasteiger partial charge in [0.15, 0.2) is 0 Å². The lowest BCUT2D eigenvalue weighted by atomic mass is 9.82. The molecule has 20 nitrogen and oxygen atoms in total. The summed E-state index contributed by atoms with van der Waals surface area (Å²) in [7, 11) is 0. The van der Waals surface area contributed by atoms with Crippen molar-refractivity contribution in [2.75, 3.05) is 26.4 Å². The number of esters is 10. The highest BCUT2D eigenvalue weighted by molar-refractivity contribution is 5.83. The molecule has 3 saturated carbocycles. The van der Waals surface area contributed by atoms with E-state index < -0.39 is 95.6 Å². The number of carbonyl (C=O) groups is 10. The molecule has 0 aromatic heterocycles. The van der Waals surface area contributed by atoms with Crippen LogP contribution in [0.1, 0.15) is 136 Å². The molecule has 424 valence electrons. The number of rotatable bonds is 24. The van der Waals surface area contributed by atoms with Crippen molar-refractivity contribution in [2.45, 2.75) is 156 Å². The lowest BCUT2D eigenvalue weighted by Gasteiger charge is -2.28.